The number of esters is 1. The van der Waals surface area contributed by atoms with Crippen molar-refractivity contribution >= 4 is 35.2 Å². The molecule has 0 amide bonds. The van der Waals surface area contributed by atoms with Gasteiger partial charge in [-0.2, -0.15) is 9.83 Å². The molecule has 0 fully saturated rings. The van der Waals surface area contributed by atoms with Gasteiger partial charge in [0.25, 0.3) is 0 Å². The molecule has 116 valence electrons. The fraction of sp³-hybridized carbons (Fsp3) is 0.312. The maximum Gasteiger partial charge on any atom is 0.330 e. The molecule has 0 spiro atoms. The molecule has 0 aliphatic carbocycles. The Hall–Kier alpha value is -1.71. The Morgan fingerprint density at radius 2 is 1.95 bits per heavy atom. The lowest BCUT2D eigenvalue weighted by atomic mass is 10.3. The van der Waals surface area contributed by atoms with E-state index in [-0.39, 0.29) is 5.97 Å². The van der Waals surface area contributed by atoms with E-state index in [0.717, 1.165) is 15.7 Å². The summed E-state index contributed by atoms with van der Waals surface area (Å²) in [4.78, 5) is 11.6. The van der Waals surface area contributed by atoms with Crippen LogP contribution in [0.5, 0.6) is 0 Å². The molecule has 1 heterocycles. The van der Waals surface area contributed by atoms with E-state index >= 15 is 0 Å². The maximum absolute atomic E-state index is 11.6. The van der Waals surface area contributed by atoms with Gasteiger partial charge in [-0.15, -0.1) is 11.8 Å². The summed E-state index contributed by atoms with van der Waals surface area (Å²) in [6.45, 7) is 4.18. The molecule has 0 N–H and O–H groups in total. The second kappa shape index (κ2) is 10.9. The van der Waals surface area contributed by atoms with Crippen LogP contribution in [0.3, 0.4) is 0 Å². The third kappa shape index (κ3) is 6.37. The van der Waals surface area contributed by atoms with Crippen LogP contribution in [-0.4, -0.2) is 24.1 Å². The summed E-state index contributed by atoms with van der Waals surface area (Å²) in [6, 6.07) is 7.90. The number of nitriles is 1. The van der Waals surface area contributed by atoms with Gasteiger partial charge in [0, 0.05) is 24.3 Å². The molecule has 0 saturated heterocycles. The molecular weight excluding hydrogens is 316 g/mol. The maximum atomic E-state index is 11.6. The summed E-state index contributed by atoms with van der Waals surface area (Å²) >= 11 is 3.12. The van der Waals surface area contributed by atoms with Crippen molar-refractivity contribution < 1.29 is 14.1 Å². The quantitative estimate of drug-likeness (QED) is 0.316. The van der Waals surface area contributed by atoms with Crippen LogP contribution in [0.4, 0.5) is 0 Å². The van der Waals surface area contributed by atoms with Gasteiger partial charge in [-0.1, -0.05) is 24.8 Å². The molecule has 0 saturated carbocycles. The first-order valence-electron chi connectivity index (χ1n) is 6.91. The zero-order valence-electron chi connectivity index (χ0n) is 12.7. The SMILES string of the molecule is CCOC(=O)/C=C/C(=C(\SCC)SCC#N)[n+]1ccccc1. The zero-order chi connectivity index (χ0) is 16.2. The van der Waals surface area contributed by atoms with Crippen LogP contribution >= 0.6 is 23.5 Å². The van der Waals surface area contributed by atoms with Crippen molar-refractivity contribution in [1.82, 2.24) is 0 Å². The van der Waals surface area contributed by atoms with Crippen molar-refractivity contribution in [2.75, 3.05) is 18.1 Å². The van der Waals surface area contributed by atoms with Gasteiger partial charge in [0.2, 0.25) is 5.70 Å². The van der Waals surface area contributed by atoms with E-state index < -0.39 is 0 Å². The van der Waals surface area contributed by atoms with E-state index in [9.17, 15) is 4.79 Å². The number of allylic oxidation sites excluding steroid dienone is 2. The largest absolute Gasteiger partial charge is 0.463 e. The van der Waals surface area contributed by atoms with Crippen molar-refractivity contribution in [2.45, 2.75) is 13.8 Å². The number of aromatic nitrogens is 1. The normalized spacial score (nSPS) is 11.9. The average Bonchev–Trinajstić information content (AvgIpc) is 2.54. The highest BCUT2D eigenvalue weighted by Crippen LogP contribution is 2.31. The van der Waals surface area contributed by atoms with Crippen LogP contribution < -0.4 is 4.57 Å². The predicted molar refractivity (Wildman–Crippen MR) is 91.8 cm³/mol. The van der Waals surface area contributed by atoms with Crippen molar-refractivity contribution in [1.29, 1.82) is 5.26 Å². The first-order chi connectivity index (χ1) is 10.7. The number of carbonyl (C=O) groups is 1. The van der Waals surface area contributed by atoms with Gasteiger partial charge in [0.05, 0.1) is 18.4 Å². The lowest BCUT2D eigenvalue weighted by Gasteiger charge is -2.05. The molecule has 0 bridgehead atoms. The van der Waals surface area contributed by atoms with Crippen molar-refractivity contribution in [3.8, 4) is 6.07 Å². The monoisotopic (exact) mass is 335 g/mol. The number of carbonyl (C=O) groups excluding carboxylic acids is 1. The van der Waals surface area contributed by atoms with Gasteiger partial charge in [0.1, 0.15) is 4.24 Å². The fourth-order valence-corrected chi connectivity index (χ4v) is 3.54. The molecule has 1 aromatic rings. The van der Waals surface area contributed by atoms with Crippen LogP contribution in [0.1, 0.15) is 13.8 Å². The van der Waals surface area contributed by atoms with Gasteiger partial charge in [-0.25, -0.2) is 4.79 Å². The van der Waals surface area contributed by atoms with Crippen molar-refractivity contribution in [3.05, 3.63) is 47.0 Å². The van der Waals surface area contributed by atoms with E-state index in [1.54, 1.807) is 24.8 Å². The molecular formula is C16H19N2O2S2+. The number of thioether (sulfide) groups is 2. The molecule has 4 nitrogen and oxygen atoms in total. The smallest absolute Gasteiger partial charge is 0.330 e. The molecule has 0 atom stereocenters. The van der Waals surface area contributed by atoms with E-state index in [2.05, 4.69) is 13.0 Å². The molecule has 1 rings (SSSR count). The summed E-state index contributed by atoms with van der Waals surface area (Å²) in [7, 11) is 0. The summed E-state index contributed by atoms with van der Waals surface area (Å²) in [5.74, 6) is 0.882. The van der Waals surface area contributed by atoms with Crippen LogP contribution in [0.25, 0.3) is 5.70 Å². The summed E-state index contributed by atoms with van der Waals surface area (Å²) < 4.78 is 7.85. The number of nitrogens with zero attached hydrogens (tertiary/aromatic N) is 2. The van der Waals surface area contributed by atoms with Crippen molar-refractivity contribution in [3.63, 3.8) is 0 Å². The highest BCUT2D eigenvalue weighted by molar-refractivity contribution is 8.22. The minimum Gasteiger partial charge on any atom is -0.463 e. The first kappa shape index (κ1) is 18.3. The molecule has 22 heavy (non-hydrogen) atoms. The Bertz CT molecular complexity index is 578. The van der Waals surface area contributed by atoms with Crippen LogP contribution in [0.2, 0.25) is 0 Å². The zero-order valence-corrected chi connectivity index (χ0v) is 14.3. The molecule has 1 aromatic heterocycles. The fourth-order valence-electron chi connectivity index (χ4n) is 1.57. The summed E-state index contributed by atoms with van der Waals surface area (Å²) in [6.07, 6.45) is 6.98. The van der Waals surface area contributed by atoms with Crippen LogP contribution in [0, 0.1) is 11.3 Å². The highest BCUT2D eigenvalue weighted by Gasteiger charge is 2.15. The van der Waals surface area contributed by atoms with Gasteiger partial charge >= 0.3 is 5.97 Å². The summed E-state index contributed by atoms with van der Waals surface area (Å²) in [5.41, 5.74) is 0.862. The third-order valence-corrected chi connectivity index (χ3v) is 4.62. The minimum atomic E-state index is -0.373. The van der Waals surface area contributed by atoms with Gasteiger partial charge in [-0.05, 0) is 12.7 Å². The van der Waals surface area contributed by atoms with Gasteiger partial charge in [-0.3, -0.25) is 0 Å². The molecule has 0 unspecified atom stereocenters. The topological polar surface area (TPSA) is 54.0 Å². The Morgan fingerprint density at radius 1 is 1.23 bits per heavy atom. The molecule has 0 radical (unpaired) electrons. The highest BCUT2D eigenvalue weighted by atomic mass is 32.2. The number of hydrogen-bond donors (Lipinski definition) is 0. The predicted octanol–water partition coefficient (Wildman–Crippen LogP) is 3.23. The molecule has 6 heteroatoms. The minimum absolute atomic E-state index is 0.348. The van der Waals surface area contributed by atoms with Crippen molar-refractivity contribution in [2.24, 2.45) is 0 Å². The second-order valence-electron chi connectivity index (χ2n) is 3.92. The molecule has 0 aliphatic rings. The van der Waals surface area contributed by atoms with Crippen LogP contribution in [-0.2, 0) is 9.53 Å². The van der Waals surface area contributed by atoms with E-state index in [4.69, 9.17) is 10.00 Å². The van der Waals surface area contributed by atoms with E-state index in [0.29, 0.717) is 12.4 Å². The molecule has 0 aliphatic heterocycles. The molecule has 0 aromatic carbocycles. The third-order valence-electron chi connectivity index (χ3n) is 2.41. The number of rotatable bonds is 8. The Kier molecular flexibility index (Phi) is 9.12. The van der Waals surface area contributed by atoms with Gasteiger partial charge in [0.15, 0.2) is 12.4 Å². The summed E-state index contributed by atoms with van der Waals surface area (Å²) in [5, 5.41) is 8.82. The number of pyridine rings is 1. The van der Waals surface area contributed by atoms with Gasteiger partial charge < -0.3 is 4.74 Å². The number of hydrogen-bond acceptors (Lipinski definition) is 5. The first-order valence-corrected chi connectivity index (χ1v) is 8.88. The lowest BCUT2D eigenvalue weighted by molar-refractivity contribution is -0.578. The Labute approximate surface area is 139 Å². The lowest BCUT2D eigenvalue weighted by Crippen LogP contribution is -2.30. The van der Waals surface area contributed by atoms with E-state index in [1.807, 2.05) is 35.2 Å². The standard InChI is InChI=1S/C16H19N2O2S2/c1-3-20-15(19)9-8-14(18-11-6-5-7-12-18)16(21-4-2)22-13-10-17/h5-9,11-12H,3-4,13H2,1-2H3/q+1/b9-8+,16-14-. The average molecular weight is 335 g/mol. The second-order valence-corrected chi connectivity index (χ2v) is 6.44. The Balaban J connectivity index is 3.18. The number of ether oxygens (including phenoxy) is 1. The van der Waals surface area contributed by atoms with Crippen LogP contribution in [0.15, 0.2) is 47.0 Å². The van der Waals surface area contributed by atoms with E-state index in [1.165, 1.54) is 17.8 Å². The Morgan fingerprint density at radius 3 is 2.55 bits per heavy atom.